The molecule has 2 heterocycles. The molecule has 0 unspecified atom stereocenters. The van der Waals surface area contributed by atoms with Crippen molar-refractivity contribution in [2.75, 3.05) is 52.9 Å². The van der Waals surface area contributed by atoms with Crippen molar-refractivity contribution in [2.24, 2.45) is 0 Å². The van der Waals surface area contributed by atoms with Crippen molar-refractivity contribution in [1.82, 2.24) is 9.21 Å². The highest BCUT2D eigenvalue weighted by atomic mass is 32.2. The number of sulfonamides is 1. The number of nitrogens with zero attached hydrogens (tertiary/aromatic N) is 2. The molecule has 2 aliphatic heterocycles. The molecule has 0 radical (unpaired) electrons. The topological polar surface area (TPSA) is 71.4 Å². The Hall–Kier alpha value is -1.64. The van der Waals surface area contributed by atoms with Gasteiger partial charge in [0, 0.05) is 13.1 Å². The zero-order chi connectivity index (χ0) is 20.0. The maximum Gasteiger partial charge on any atom is 0.277 e. The van der Waals surface area contributed by atoms with E-state index in [-0.39, 0.29) is 10.8 Å². The fourth-order valence-corrected chi connectivity index (χ4v) is 5.38. The van der Waals surface area contributed by atoms with Crippen molar-refractivity contribution in [3.8, 4) is 5.75 Å². The van der Waals surface area contributed by atoms with Crippen LogP contribution >= 0.6 is 0 Å². The van der Waals surface area contributed by atoms with Crippen molar-refractivity contribution < 1.29 is 22.8 Å². The molecule has 0 aliphatic carbocycles. The summed E-state index contributed by atoms with van der Waals surface area (Å²) in [6, 6.07) is 6.49. The number of rotatable bonds is 5. The monoisotopic (exact) mass is 410 g/mol. The highest BCUT2D eigenvalue weighted by Gasteiger charge is 2.31. The van der Waals surface area contributed by atoms with Crippen molar-refractivity contribution in [2.45, 2.75) is 37.0 Å². The van der Waals surface area contributed by atoms with E-state index in [4.69, 9.17) is 4.74 Å². The molecular formula is C20H32N3O4S+. The molecule has 28 heavy (non-hydrogen) atoms. The maximum atomic E-state index is 12.8. The van der Waals surface area contributed by atoms with E-state index >= 15 is 0 Å². The lowest BCUT2D eigenvalue weighted by atomic mass is 10.1. The van der Waals surface area contributed by atoms with Gasteiger partial charge in [0.2, 0.25) is 10.0 Å². The van der Waals surface area contributed by atoms with Crippen molar-refractivity contribution in [3.63, 3.8) is 0 Å². The van der Waals surface area contributed by atoms with E-state index in [9.17, 15) is 13.2 Å². The minimum atomic E-state index is -3.50. The van der Waals surface area contributed by atoms with Crippen LogP contribution in [0.5, 0.6) is 5.75 Å². The second-order valence-electron chi connectivity index (χ2n) is 7.65. The number of ether oxygens (including phenoxy) is 1. The minimum absolute atomic E-state index is 0.211. The summed E-state index contributed by atoms with van der Waals surface area (Å²) in [6.07, 6.45) is 5.87. The third-order valence-corrected chi connectivity index (χ3v) is 7.65. The molecule has 0 spiro atoms. The molecule has 0 atom stereocenters. The van der Waals surface area contributed by atoms with Gasteiger partial charge in [-0.2, -0.15) is 4.31 Å². The molecule has 2 saturated heterocycles. The van der Waals surface area contributed by atoms with Crippen molar-refractivity contribution in [3.05, 3.63) is 24.3 Å². The summed E-state index contributed by atoms with van der Waals surface area (Å²) in [7, 11) is -1.94. The number of hydrogen-bond donors (Lipinski definition) is 1. The molecule has 0 aromatic heterocycles. The summed E-state index contributed by atoms with van der Waals surface area (Å²) in [4.78, 5) is 16.1. The van der Waals surface area contributed by atoms with Crippen LogP contribution in [0.25, 0.3) is 0 Å². The van der Waals surface area contributed by atoms with Crippen molar-refractivity contribution >= 4 is 15.9 Å². The Labute approximate surface area is 168 Å². The average Bonchev–Trinajstić information content (AvgIpc) is 2.68. The van der Waals surface area contributed by atoms with Crippen LogP contribution < -0.4 is 9.64 Å². The van der Waals surface area contributed by atoms with Crippen molar-refractivity contribution in [1.29, 1.82) is 0 Å². The molecule has 0 saturated carbocycles. The second kappa shape index (κ2) is 9.71. The third-order valence-electron chi connectivity index (χ3n) is 5.74. The van der Waals surface area contributed by atoms with E-state index in [0.717, 1.165) is 25.9 Å². The van der Waals surface area contributed by atoms with E-state index in [0.29, 0.717) is 38.5 Å². The fraction of sp³-hybridized carbons (Fsp3) is 0.650. The van der Waals surface area contributed by atoms with E-state index in [1.54, 1.807) is 31.4 Å². The summed E-state index contributed by atoms with van der Waals surface area (Å²) >= 11 is 0. The Morgan fingerprint density at radius 2 is 1.54 bits per heavy atom. The Morgan fingerprint density at radius 3 is 2.11 bits per heavy atom. The van der Waals surface area contributed by atoms with Gasteiger partial charge < -0.3 is 14.5 Å². The normalized spacial score (nSPS) is 20.4. The van der Waals surface area contributed by atoms with Crippen LogP contribution in [0.1, 0.15) is 32.1 Å². The summed E-state index contributed by atoms with van der Waals surface area (Å²) < 4.78 is 32.3. The first kappa shape index (κ1) is 21.1. The number of quaternary nitrogens is 1. The fourth-order valence-electron chi connectivity index (χ4n) is 3.94. The van der Waals surface area contributed by atoms with E-state index in [1.807, 2.05) is 4.90 Å². The lowest BCUT2D eigenvalue weighted by Gasteiger charge is -2.32. The third kappa shape index (κ3) is 5.24. The number of likely N-dealkylation sites (tertiary alicyclic amines) is 1. The predicted molar refractivity (Wildman–Crippen MR) is 107 cm³/mol. The number of hydrogen-bond acceptors (Lipinski definition) is 4. The van der Waals surface area contributed by atoms with Crippen LogP contribution in [0, 0.1) is 0 Å². The van der Waals surface area contributed by atoms with Crippen LogP contribution in [-0.2, 0) is 14.8 Å². The number of benzene rings is 1. The first-order valence-corrected chi connectivity index (χ1v) is 11.7. The number of carbonyl (C=O) groups excluding carboxylic acids is 1. The molecule has 1 amide bonds. The molecule has 7 nitrogen and oxygen atoms in total. The smallest absolute Gasteiger partial charge is 0.277 e. The molecule has 3 rings (SSSR count). The zero-order valence-corrected chi connectivity index (χ0v) is 17.5. The van der Waals surface area contributed by atoms with Crippen LogP contribution in [0.2, 0.25) is 0 Å². The largest absolute Gasteiger partial charge is 0.497 e. The zero-order valence-electron chi connectivity index (χ0n) is 16.7. The Balaban J connectivity index is 1.52. The second-order valence-corrected chi connectivity index (χ2v) is 9.59. The average molecular weight is 411 g/mol. The van der Waals surface area contributed by atoms with Gasteiger partial charge in [-0.3, -0.25) is 4.79 Å². The quantitative estimate of drug-likeness (QED) is 0.762. The molecule has 0 bridgehead atoms. The Bertz CT molecular complexity index is 735. The molecule has 8 heteroatoms. The van der Waals surface area contributed by atoms with Gasteiger partial charge in [-0.1, -0.05) is 19.3 Å². The van der Waals surface area contributed by atoms with E-state index in [1.165, 1.54) is 28.5 Å². The highest BCUT2D eigenvalue weighted by molar-refractivity contribution is 7.89. The Kier molecular flexibility index (Phi) is 7.31. The molecule has 2 fully saturated rings. The van der Waals surface area contributed by atoms with Gasteiger partial charge in [-0.15, -0.1) is 0 Å². The SMILES string of the molecule is COc1ccc(S(=O)(=O)N2CC[NH+](CC(=O)N3CCCCCCC3)CC2)cc1. The number of carbonyl (C=O) groups is 1. The maximum absolute atomic E-state index is 12.8. The summed E-state index contributed by atoms with van der Waals surface area (Å²) in [5, 5.41) is 0. The van der Waals surface area contributed by atoms with Gasteiger partial charge in [-0.05, 0) is 37.1 Å². The standard InChI is InChI=1S/C20H31N3O4S/c1-27-18-7-9-19(10-8-18)28(25,26)23-15-13-21(14-16-23)17-20(24)22-11-5-3-2-4-6-12-22/h7-10H,2-6,11-17H2,1H3/p+1. The lowest BCUT2D eigenvalue weighted by Crippen LogP contribution is -3.15. The molecule has 2 aliphatic rings. The predicted octanol–water partition coefficient (Wildman–Crippen LogP) is 0.377. The summed E-state index contributed by atoms with van der Waals surface area (Å²) in [5.41, 5.74) is 0. The van der Waals surface area contributed by atoms with Crippen LogP contribution in [-0.4, -0.2) is 76.5 Å². The molecule has 156 valence electrons. The van der Waals surface area contributed by atoms with E-state index < -0.39 is 10.0 Å². The minimum Gasteiger partial charge on any atom is -0.497 e. The number of methoxy groups -OCH3 is 1. The van der Waals surface area contributed by atoms with E-state index in [2.05, 4.69) is 0 Å². The lowest BCUT2D eigenvalue weighted by molar-refractivity contribution is -0.896. The number of piperazine rings is 1. The van der Waals surface area contributed by atoms with Crippen LogP contribution in [0.15, 0.2) is 29.2 Å². The number of amides is 1. The Morgan fingerprint density at radius 1 is 0.964 bits per heavy atom. The van der Waals surface area contributed by atoms with Gasteiger partial charge in [0.1, 0.15) is 5.75 Å². The van der Waals surface area contributed by atoms with Gasteiger partial charge in [0.05, 0.1) is 38.2 Å². The van der Waals surface area contributed by atoms with Gasteiger partial charge >= 0.3 is 0 Å². The molecule has 1 N–H and O–H groups in total. The van der Waals surface area contributed by atoms with Crippen LogP contribution in [0.3, 0.4) is 0 Å². The highest BCUT2D eigenvalue weighted by Crippen LogP contribution is 2.19. The molecular weight excluding hydrogens is 378 g/mol. The van der Waals surface area contributed by atoms with Gasteiger partial charge in [0.25, 0.3) is 5.91 Å². The van der Waals surface area contributed by atoms with Crippen LogP contribution in [0.4, 0.5) is 0 Å². The molecule has 1 aromatic carbocycles. The summed E-state index contributed by atoms with van der Waals surface area (Å²) in [6.45, 7) is 4.41. The summed E-state index contributed by atoms with van der Waals surface area (Å²) in [5.74, 6) is 0.847. The first-order valence-electron chi connectivity index (χ1n) is 10.3. The first-order chi connectivity index (χ1) is 13.5. The van der Waals surface area contributed by atoms with Gasteiger partial charge in [-0.25, -0.2) is 8.42 Å². The number of nitrogens with one attached hydrogen (secondary N) is 1. The molecule has 1 aromatic rings. The van der Waals surface area contributed by atoms with Gasteiger partial charge in [0.15, 0.2) is 6.54 Å².